The number of nitrogens with zero attached hydrogens (tertiary/aromatic N) is 1. The first kappa shape index (κ1) is 18.3. The first-order chi connectivity index (χ1) is 10.2. The smallest absolute Gasteiger partial charge is 0.410 e. The number of carbonyl (C=O) groups is 2. The molecule has 0 aromatic heterocycles. The number of rotatable bonds is 5. The van der Waals surface area contributed by atoms with Crippen LogP contribution in [-0.4, -0.2) is 42.3 Å². The monoisotopic (exact) mass is 309 g/mol. The van der Waals surface area contributed by atoms with Gasteiger partial charge >= 0.3 is 12.1 Å². The Labute approximate surface area is 133 Å². The summed E-state index contributed by atoms with van der Waals surface area (Å²) in [5, 5.41) is 0. The third-order valence-electron chi connectivity index (χ3n) is 3.20. The van der Waals surface area contributed by atoms with Crippen LogP contribution in [0.1, 0.15) is 47.5 Å². The zero-order chi connectivity index (χ0) is 16.8. The van der Waals surface area contributed by atoms with Crippen LogP contribution in [-0.2, 0) is 14.3 Å². The van der Waals surface area contributed by atoms with Gasteiger partial charge in [0.2, 0.25) is 0 Å². The molecule has 124 valence electrons. The summed E-state index contributed by atoms with van der Waals surface area (Å²) in [7, 11) is 0. The lowest BCUT2D eigenvalue weighted by Gasteiger charge is -2.24. The van der Waals surface area contributed by atoms with Crippen LogP contribution in [0.25, 0.3) is 0 Å². The van der Waals surface area contributed by atoms with Crippen molar-refractivity contribution in [2.24, 2.45) is 0 Å². The number of amides is 1. The van der Waals surface area contributed by atoms with Gasteiger partial charge < -0.3 is 14.4 Å². The van der Waals surface area contributed by atoms with Crippen molar-refractivity contribution in [3.63, 3.8) is 0 Å². The maximum atomic E-state index is 12.0. The fourth-order valence-corrected chi connectivity index (χ4v) is 2.02. The lowest BCUT2D eigenvalue weighted by atomic mass is 10.1. The highest BCUT2D eigenvalue weighted by Gasteiger charge is 2.24. The molecule has 1 amide bonds. The zero-order valence-electron chi connectivity index (χ0n) is 14.3. The van der Waals surface area contributed by atoms with Crippen molar-refractivity contribution in [1.29, 1.82) is 0 Å². The van der Waals surface area contributed by atoms with Crippen LogP contribution in [0.4, 0.5) is 4.79 Å². The maximum Gasteiger partial charge on any atom is 0.410 e. The predicted molar refractivity (Wildman–Crippen MR) is 85.5 cm³/mol. The summed E-state index contributed by atoms with van der Waals surface area (Å²) >= 11 is 0. The fraction of sp³-hybridized carbons (Fsp3) is 0.647. The summed E-state index contributed by atoms with van der Waals surface area (Å²) in [6, 6.07) is 0. The Hall–Kier alpha value is -1.78. The van der Waals surface area contributed by atoms with E-state index >= 15 is 0 Å². The Morgan fingerprint density at radius 2 is 2.00 bits per heavy atom. The zero-order valence-corrected chi connectivity index (χ0v) is 14.3. The molecular formula is C17H27NO4. The van der Waals surface area contributed by atoms with Gasteiger partial charge in [0.25, 0.3) is 0 Å². The standard InChI is InChI=1S/C17H27NO4/c1-13(9-11-21-14(2)19)6-7-15-8-10-18(12-15)16(20)22-17(3,4)5/h8-9H,6-7,10-12H2,1-5H3/b13-9+. The van der Waals surface area contributed by atoms with Crippen molar-refractivity contribution in [2.45, 2.75) is 53.1 Å². The molecule has 5 nitrogen and oxygen atoms in total. The third-order valence-corrected chi connectivity index (χ3v) is 3.20. The minimum Gasteiger partial charge on any atom is -0.462 e. The minimum absolute atomic E-state index is 0.263. The van der Waals surface area contributed by atoms with Gasteiger partial charge in [-0.2, -0.15) is 0 Å². The van der Waals surface area contributed by atoms with E-state index in [4.69, 9.17) is 9.47 Å². The van der Waals surface area contributed by atoms with E-state index in [1.165, 1.54) is 18.1 Å². The molecule has 0 spiro atoms. The fourth-order valence-electron chi connectivity index (χ4n) is 2.02. The minimum atomic E-state index is -0.462. The van der Waals surface area contributed by atoms with Gasteiger partial charge in [-0.1, -0.05) is 17.2 Å². The lowest BCUT2D eigenvalue weighted by Crippen LogP contribution is -2.35. The molecule has 22 heavy (non-hydrogen) atoms. The second-order valence-corrected chi connectivity index (χ2v) is 6.58. The summed E-state index contributed by atoms with van der Waals surface area (Å²) < 4.78 is 10.2. The van der Waals surface area contributed by atoms with Gasteiger partial charge in [-0.25, -0.2) is 4.79 Å². The van der Waals surface area contributed by atoms with Crippen LogP contribution in [0.2, 0.25) is 0 Å². The van der Waals surface area contributed by atoms with E-state index in [1.54, 1.807) is 4.90 Å². The van der Waals surface area contributed by atoms with Crippen molar-refractivity contribution < 1.29 is 19.1 Å². The van der Waals surface area contributed by atoms with Crippen LogP contribution in [0.3, 0.4) is 0 Å². The van der Waals surface area contributed by atoms with Gasteiger partial charge in [0.1, 0.15) is 12.2 Å². The van der Waals surface area contributed by atoms with E-state index in [0.717, 1.165) is 12.8 Å². The largest absolute Gasteiger partial charge is 0.462 e. The predicted octanol–water partition coefficient (Wildman–Crippen LogP) is 3.45. The average molecular weight is 309 g/mol. The Kier molecular flexibility index (Phi) is 6.65. The highest BCUT2D eigenvalue weighted by atomic mass is 16.6. The third kappa shape index (κ3) is 7.29. The molecule has 0 saturated heterocycles. The van der Waals surface area contributed by atoms with Crippen molar-refractivity contribution in [3.05, 3.63) is 23.3 Å². The molecule has 1 aliphatic rings. The molecule has 0 aromatic carbocycles. The molecule has 0 saturated carbocycles. The van der Waals surface area contributed by atoms with Crippen molar-refractivity contribution in [2.75, 3.05) is 19.7 Å². The summed E-state index contributed by atoms with van der Waals surface area (Å²) in [6.45, 7) is 10.6. The van der Waals surface area contributed by atoms with Gasteiger partial charge in [0.15, 0.2) is 0 Å². The molecule has 1 aliphatic heterocycles. The Morgan fingerprint density at radius 1 is 1.32 bits per heavy atom. The van der Waals surface area contributed by atoms with Crippen LogP contribution in [0, 0.1) is 0 Å². The second-order valence-electron chi connectivity index (χ2n) is 6.58. The van der Waals surface area contributed by atoms with Crippen LogP contribution in [0.15, 0.2) is 23.3 Å². The normalized spacial score (nSPS) is 15.6. The second kappa shape index (κ2) is 8.01. The highest BCUT2D eigenvalue weighted by molar-refractivity contribution is 5.69. The molecule has 0 unspecified atom stereocenters. The molecule has 1 rings (SSSR count). The van der Waals surface area contributed by atoms with Gasteiger partial charge in [-0.05, 0) is 46.6 Å². The van der Waals surface area contributed by atoms with Gasteiger partial charge in [0, 0.05) is 20.0 Å². The lowest BCUT2D eigenvalue weighted by molar-refractivity contribution is -0.139. The van der Waals surface area contributed by atoms with Crippen molar-refractivity contribution in [1.82, 2.24) is 4.90 Å². The molecule has 0 atom stereocenters. The summed E-state index contributed by atoms with van der Waals surface area (Å²) in [5.74, 6) is -0.268. The molecule has 0 bridgehead atoms. The molecule has 1 heterocycles. The van der Waals surface area contributed by atoms with E-state index in [9.17, 15) is 9.59 Å². The number of ether oxygens (including phenoxy) is 2. The number of carbonyl (C=O) groups excluding carboxylic acids is 2. The van der Waals surface area contributed by atoms with Gasteiger partial charge in [0.05, 0.1) is 0 Å². The van der Waals surface area contributed by atoms with Crippen molar-refractivity contribution >= 4 is 12.1 Å². The number of esters is 1. The molecule has 0 radical (unpaired) electrons. The molecule has 5 heteroatoms. The topological polar surface area (TPSA) is 55.8 Å². The summed E-state index contributed by atoms with van der Waals surface area (Å²) in [5.41, 5.74) is 1.96. The molecule has 0 fully saturated rings. The Balaban J connectivity index is 2.32. The van der Waals surface area contributed by atoms with E-state index < -0.39 is 5.60 Å². The van der Waals surface area contributed by atoms with Gasteiger partial charge in [-0.15, -0.1) is 0 Å². The quantitative estimate of drug-likeness (QED) is 0.576. The molecule has 0 aromatic rings. The Bertz CT molecular complexity index is 472. The number of hydrogen-bond donors (Lipinski definition) is 0. The first-order valence-corrected chi connectivity index (χ1v) is 7.62. The molecule has 0 aliphatic carbocycles. The van der Waals surface area contributed by atoms with E-state index in [-0.39, 0.29) is 12.1 Å². The maximum absolute atomic E-state index is 12.0. The van der Waals surface area contributed by atoms with Gasteiger partial charge in [-0.3, -0.25) is 4.79 Å². The van der Waals surface area contributed by atoms with Crippen LogP contribution in [0.5, 0.6) is 0 Å². The van der Waals surface area contributed by atoms with Crippen molar-refractivity contribution in [3.8, 4) is 0 Å². The summed E-state index contributed by atoms with van der Waals surface area (Å²) in [4.78, 5) is 24.3. The van der Waals surface area contributed by atoms with E-state index in [2.05, 4.69) is 6.08 Å². The number of hydrogen-bond acceptors (Lipinski definition) is 4. The van der Waals surface area contributed by atoms with Crippen LogP contribution < -0.4 is 0 Å². The SMILES string of the molecule is CC(=O)OC/C=C(\C)CCC1=CCN(C(=O)OC(C)(C)C)C1. The van der Waals surface area contributed by atoms with E-state index in [1.807, 2.05) is 33.8 Å². The molecule has 0 N–H and O–H groups in total. The van der Waals surface area contributed by atoms with E-state index in [0.29, 0.717) is 19.7 Å². The average Bonchev–Trinajstić information content (AvgIpc) is 2.82. The Morgan fingerprint density at radius 3 is 2.59 bits per heavy atom. The van der Waals surface area contributed by atoms with Crippen LogP contribution >= 0.6 is 0 Å². The first-order valence-electron chi connectivity index (χ1n) is 7.62. The highest BCUT2D eigenvalue weighted by Crippen LogP contribution is 2.19. The number of allylic oxidation sites excluding steroid dienone is 1. The molecular weight excluding hydrogens is 282 g/mol. The summed E-state index contributed by atoms with van der Waals surface area (Å²) in [6.07, 6.45) is 5.55.